The molecule has 0 aromatic carbocycles. The second-order valence-corrected chi connectivity index (χ2v) is 8.54. The SMILES string of the molecule is Brc1ccsc1C(Br)c1cc2c(s1)CCCCC2. The first-order valence-corrected chi connectivity index (χ1v) is 9.64. The summed E-state index contributed by atoms with van der Waals surface area (Å²) in [4.78, 5) is 4.82. The van der Waals surface area contributed by atoms with Crippen LogP contribution >= 0.6 is 54.5 Å². The summed E-state index contributed by atoms with van der Waals surface area (Å²) in [6.07, 6.45) is 6.68. The van der Waals surface area contributed by atoms with Gasteiger partial charge in [-0.2, -0.15) is 0 Å². The van der Waals surface area contributed by atoms with Crippen LogP contribution in [0, 0.1) is 0 Å². The highest BCUT2D eigenvalue weighted by atomic mass is 79.9. The molecule has 0 radical (unpaired) electrons. The molecule has 0 nitrogen and oxygen atoms in total. The molecule has 2 heterocycles. The monoisotopic (exact) mass is 404 g/mol. The van der Waals surface area contributed by atoms with E-state index >= 15 is 0 Å². The smallest absolute Gasteiger partial charge is 0.0842 e. The lowest BCUT2D eigenvalue weighted by Gasteiger charge is -2.05. The summed E-state index contributed by atoms with van der Waals surface area (Å²) >= 11 is 11.3. The topological polar surface area (TPSA) is 0 Å². The minimum Gasteiger partial charge on any atom is -0.146 e. The molecule has 2 aromatic heterocycles. The largest absolute Gasteiger partial charge is 0.146 e. The van der Waals surface area contributed by atoms with Crippen LogP contribution in [0.4, 0.5) is 0 Å². The van der Waals surface area contributed by atoms with Crippen LogP contribution in [0.2, 0.25) is 0 Å². The first-order chi connectivity index (χ1) is 8.75. The Morgan fingerprint density at radius 1 is 1.17 bits per heavy atom. The summed E-state index contributed by atoms with van der Waals surface area (Å²) in [6.45, 7) is 0. The van der Waals surface area contributed by atoms with Crippen LogP contribution in [-0.4, -0.2) is 0 Å². The summed E-state index contributed by atoms with van der Waals surface area (Å²) in [5.41, 5.74) is 1.60. The second-order valence-electron chi connectivity index (χ2n) is 4.65. The van der Waals surface area contributed by atoms with E-state index in [2.05, 4.69) is 49.4 Å². The molecule has 0 N–H and O–H groups in total. The van der Waals surface area contributed by atoms with E-state index in [1.165, 1.54) is 46.3 Å². The number of aryl methyl sites for hydroxylation is 2. The predicted molar refractivity (Wildman–Crippen MR) is 88.4 cm³/mol. The summed E-state index contributed by atoms with van der Waals surface area (Å²) in [6, 6.07) is 4.56. The van der Waals surface area contributed by atoms with Crippen molar-refractivity contribution in [2.75, 3.05) is 0 Å². The number of halogens is 2. The number of fused-ring (bicyclic) bond motifs is 1. The summed E-state index contributed by atoms with van der Waals surface area (Å²) in [5.74, 6) is 0. The van der Waals surface area contributed by atoms with E-state index in [9.17, 15) is 0 Å². The highest BCUT2D eigenvalue weighted by Gasteiger charge is 2.20. The van der Waals surface area contributed by atoms with Gasteiger partial charge in [0, 0.05) is 19.1 Å². The third-order valence-electron chi connectivity index (χ3n) is 3.39. The van der Waals surface area contributed by atoms with Crippen molar-refractivity contribution in [2.45, 2.75) is 36.9 Å². The van der Waals surface area contributed by atoms with E-state index in [4.69, 9.17) is 0 Å². The average molecular weight is 406 g/mol. The van der Waals surface area contributed by atoms with Gasteiger partial charge in [0.25, 0.3) is 0 Å². The zero-order valence-corrected chi connectivity index (χ0v) is 14.7. The van der Waals surface area contributed by atoms with Gasteiger partial charge < -0.3 is 0 Å². The minimum absolute atomic E-state index is 0.351. The number of alkyl halides is 1. The van der Waals surface area contributed by atoms with Crippen LogP contribution < -0.4 is 0 Å². The number of thiophene rings is 2. The molecule has 3 rings (SSSR count). The molecule has 0 spiro atoms. The molecule has 1 aliphatic carbocycles. The Balaban J connectivity index is 1.91. The van der Waals surface area contributed by atoms with Crippen LogP contribution in [0.1, 0.15) is 44.3 Å². The van der Waals surface area contributed by atoms with Gasteiger partial charge in [0.1, 0.15) is 0 Å². The third kappa shape index (κ3) is 2.62. The van der Waals surface area contributed by atoms with Crippen LogP contribution in [0.3, 0.4) is 0 Å². The lowest BCUT2D eigenvalue weighted by molar-refractivity contribution is 0.712. The van der Waals surface area contributed by atoms with E-state index in [0.717, 1.165) is 0 Å². The molecule has 4 heteroatoms. The van der Waals surface area contributed by atoms with Crippen molar-refractivity contribution in [2.24, 2.45) is 0 Å². The van der Waals surface area contributed by atoms with Crippen molar-refractivity contribution in [1.82, 2.24) is 0 Å². The fraction of sp³-hybridized carbons (Fsp3) is 0.429. The molecule has 1 atom stereocenters. The van der Waals surface area contributed by atoms with Crippen molar-refractivity contribution in [1.29, 1.82) is 0 Å². The van der Waals surface area contributed by atoms with E-state index in [1.807, 2.05) is 22.7 Å². The Kier molecular flexibility index (Phi) is 4.28. The lowest BCUT2D eigenvalue weighted by Crippen LogP contribution is -1.86. The van der Waals surface area contributed by atoms with Crippen LogP contribution in [-0.2, 0) is 12.8 Å². The Morgan fingerprint density at radius 3 is 2.78 bits per heavy atom. The Morgan fingerprint density at radius 2 is 2.00 bits per heavy atom. The first kappa shape index (κ1) is 13.3. The summed E-state index contributed by atoms with van der Waals surface area (Å²) in [7, 11) is 0. The van der Waals surface area contributed by atoms with Gasteiger partial charge in [-0.3, -0.25) is 0 Å². The van der Waals surface area contributed by atoms with E-state index in [-0.39, 0.29) is 0 Å². The van der Waals surface area contributed by atoms with Gasteiger partial charge in [0.2, 0.25) is 0 Å². The van der Waals surface area contributed by atoms with Gasteiger partial charge in [-0.05, 0) is 64.7 Å². The molecule has 1 aliphatic rings. The Hall–Kier alpha value is 0.360. The molecule has 1 unspecified atom stereocenters. The summed E-state index contributed by atoms with van der Waals surface area (Å²) < 4.78 is 1.22. The van der Waals surface area contributed by atoms with Gasteiger partial charge in [0.05, 0.1) is 4.83 Å². The van der Waals surface area contributed by atoms with Gasteiger partial charge >= 0.3 is 0 Å². The molecular formula is C14H14Br2S2. The molecule has 0 saturated carbocycles. The number of hydrogen-bond donors (Lipinski definition) is 0. The van der Waals surface area contributed by atoms with Crippen molar-refractivity contribution in [3.8, 4) is 0 Å². The predicted octanol–water partition coefficient (Wildman–Crippen LogP) is 6.33. The molecule has 96 valence electrons. The zero-order valence-electron chi connectivity index (χ0n) is 9.92. The zero-order chi connectivity index (χ0) is 12.5. The van der Waals surface area contributed by atoms with Crippen molar-refractivity contribution < 1.29 is 0 Å². The number of rotatable bonds is 2. The van der Waals surface area contributed by atoms with Gasteiger partial charge in [0.15, 0.2) is 0 Å². The van der Waals surface area contributed by atoms with E-state index < -0.39 is 0 Å². The fourth-order valence-electron chi connectivity index (χ4n) is 2.43. The quantitative estimate of drug-likeness (QED) is 0.404. The van der Waals surface area contributed by atoms with Gasteiger partial charge in [-0.15, -0.1) is 22.7 Å². The maximum Gasteiger partial charge on any atom is 0.0842 e. The molecular weight excluding hydrogens is 392 g/mol. The van der Waals surface area contributed by atoms with Crippen molar-refractivity contribution in [3.63, 3.8) is 0 Å². The first-order valence-electron chi connectivity index (χ1n) is 6.24. The Bertz CT molecular complexity index is 518. The summed E-state index contributed by atoms with van der Waals surface area (Å²) in [5, 5.41) is 2.15. The minimum atomic E-state index is 0.351. The maximum absolute atomic E-state index is 3.86. The molecule has 0 bridgehead atoms. The third-order valence-corrected chi connectivity index (χ3v) is 8.19. The average Bonchev–Trinajstić information content (AvgIpc) is 2.90. The highest BCUT2D eigenvalue weighted by Crippen LogP contribution is 2.43. The van der Waals surface area contributed by atoms with Crippen LogP contribution in [0.25, 0.3) is 0 Å². The normalized spacial score (nSPS) is 17.2. The van der Waals surface area contributed by atoms with E-state index in [1.54, 1.807) is 10.4 Å². The highest BCUT2D eigenvalue weighted by molar-refractivity contribution is 9.11. The van der Waals surface area contributed by atoms with Gasteiger partial charge in [-0.25, -0.2) is 0 Å². The van der Waals surface area contributed by atoms with E-state index in [0.29, 0.717) is 4.83 Å². The maximum atomic E-state index is 3.86. The van der Waals surface area contributed by atoms with Crippen LogP contribution in [0.5, 0.6) is 0 Å². The molecule has 0 amide bonds. The van der Waals surface area contributed by atoms with Crippen molar-refractivity contribution in [3.05, 3.63) is 42.2 Å². The van der Waals surface area contributed by atoms with Gasteiger partial charge in [-0.1, -0.05) is 22.4 Å². The molecule has 2 aromatic rings. The fourth-order valence-corrected chi connectivity index (χ4v) is 6.64. The molecule has 0 fully saturated rings. The second kappa shape index (κ2) is 5.78. The number of hydrogen-bond acceptors (Lipinski definition) is 2. The van der Waals surface area contributed by atoms with Crippen LogP contribution in [0.15, 0.2) is 22.0 Å². The molecule has 0 saturated heterocycles. The Labute approximate surface area is 133 Å². The molecule has 0 aliphatic heterocycles. The standard InChI is InChI=1S/C14H14Br2S2/c15-10-6-7-17-14(10)13(16)12-8-9-4-2-1-3-5-11(9)18-12/h6-8,13H,1-5H2. The van der Waals surface area contributed by atoms with Crippen molar-refractivity contribution >= 4 is 54.5 Å². The molecule has 18 heavy (non-hydrogen) atoms. The lowest BCUT2D eigenvalue weighted by atomic mass is 10.1.